The van der Waals surface area contributed by atoms with Crippen LogP contribution in [0.5, 0.6) is 0 Å². The highest BCUT2D eigenvalue weighted by Gasteiger charge is 2.22. The molecule has 2 heterocycles. The molecule has 2 aromatic heterocycles. The molecule has 7 nitrogen and oxygen atoms in total. The minimum Gasteiger partial charge on any atom is -0.273 e. The summed E-state index contributed by atoms with van der Waals surface area (Å²) in [4.78, 5) is 19.4. The molecular formula is C21H20N6OS2. The van der Waals surface area contributed by atoms with Gasteiger partial charge in [0.15, 0.2) is 5.13 Å². The summed E-state index contributed by atoms with van der Waals surface area (Å²) in [6, 6.07) is 15.6. The van der Waals surface area contributed by atoms with Crippen LogP contribution in [0.1, 0.15) is 16.8 Å². The van der Waals surface area contributed by atoms with Crippen molar-refractivity contribution >= 4 is 39.8 Å². The topological polar surface area (TPSA) is 76.8 Å². The molecule has 0 aliphatic rings. The number of aryl methyl sites for hydroxylation is 3. The summed E-state index contributed by atoms with van der Waals surface area (Å²) in [6.07, 6.45) is 0. The van der Waals surface area contributed by atoms with Crippen LogP contribution in [0.15, 0.2) is 59.1 Å². The van der Waals surface area contributed by atoms with Crippen molar-refractivity contribution in [2.24, 2.45) is 0 Å². The first-order valence-corrected chi connectivity index (χ1v) is 11.2. The maximum absolute atomic E-state index is 13.2. The number of benzene rings is 2. The molecule has 9 heteroatoms. The van der Waals surface area contributed by atoms with E-state index in [9.17, 15) is 4.79 Å². The van der Waals surface area contributed by atoms with Crippen LogP contribution in [0, 0.1) is 20.8 Å². The molecule has 4 aromatic rings. The molecular weight excluding hydrogens is 416 g/mol. The minimum absolute atomic E-state index is 0.0865. The van der Waals surface area contributed by atoms with Crippen molar-refractivity contribution in [2.75, 3.05) is 10.7 Å². The number of hydrogen-bond donors (Lipinski definition) is 0. The number of hydrogen-bond acceptors (Lipinski definition) is 7. The van der Waals surface area contributed by atoms with E-state index in [1.54, 1.807) is 9.58 Å². The lowest BCUT2D eigenvalue weighted by Crippen LogP contribution is -2.27. The minimum atomic E-state index is -0.0865. The van der Waals surface area contributed by atoms with Crippen molar-refractivity contribution in [3.8, 4) is 5.69 Å². The van der Waals surface area contributed by atoms with E-state index in [-0.39, 0.29) is 11.7 Å². The zero-order valence-corrected chi connectivity index (χ0v) is 18.4. The lowest BCUT2D eigenvalue weighted by molar-refractivity contribution is -0.115. The van der Waals surface area contributed by atoms with E-state index >= 15 is 0 Å². The van der Waals surface area contributed by atoms with Crippen molar-refractivity contribution in [1.82, 2.24) is 25.2 Å². The fourth-order valence-corrected chi connectivity index (χ4v) is 4.69. The highest BCUT2D eigenvalue weighted by Crippen LogP contribution is 2.30. The van der Waals surface area contributed by atoms with Crippen LogP contribution in [-0.2, 0) is 4.79 Å². The van der Waals surface area contributed by atoms with Crippen molar-refractivity contribution in [3.05, 3.63) is 70.7 Å². The molecule has 0 fully saturated rings. The molecule has 0 aliphatic heterocycles. The van der Waals surface area contributed by atoms with E-state index in [4.69, 9.17) is 0 Å². The van der Waals surface area contributed by atoms with Crippen molar-refractivity contribution < 1.29 is 4.79 Å². The Balaban J connectivity index is 1.59. The Morgan fingerprint density at radius 2 is 1.80 bits per heavy atom. The van der Waals surface area contributed by atoms with E-state index in [0.717, 1.165) is 28.2 Å². The van der Waals surface area contributed by atoms with E-state index < -0.39 is 0 Å². The van der Waals surface area contributed by atoms with Gasteiger partial charge in [-0.25, -0.2) is 4.98 Å². The monoisotopic (exact) mass is 436 g/mol. The number of rotatable bonds is 6. The Morgan fingerprint density at radius 1 is 1.07 bits per heavy atom. The predicted octanol–water partition coefficient (Wildman–Crippen LogP) is 4.50. The van der Waals surface area contributed by atoms with Gasteiger partial charge in [0.1, 0.15) is 0 Å². The molecule has 0 N–H and O–H groups in total. The van der Waals surface area contributed by atoms with Gasteiger partial charge in [0.2, 0.25) is 11.1 Å². The zero-order chi connectivity index (χ0) is 21.1. The van der Waals surface area contributed by atoms with Gasteiger partial charge in [-0.3, -0.25) is 9.69 Å². The molecule has 1 amide bonds. The number of thioether (sulfide) groups is 1. The summed E-state index contributed by atoms with van der Waals surface area (Å²) in [6.45, 7) is 5.96. The standard InChI is InChI=1S/C21H20N6OS2/c1-14-8-7-9-15(2)19(14)27-21(23-24-25-27)30-13-18(28)26(17-10-5-4-6-11-17)20-22-16(3)12-29-20/h4-12H,13H2,1-3H3. The Hall–Kier alpha value is -3.04. The Morgan fingerprint density at radius 3 is 2.47 bits per heavy atom. The number of thiazole rings is 1. The molecule has 0 radical (unpaired) electrons. The SMILES string of the molecule is Cc1csc(N(C(=O)CSc2nnnn2-c2c(C)cccc2C)c2ccccc2)n1. The average molecular weight is 437 g/mol. The Kier molecular flexibility index (Phi) is 5.91. The third-order valence-electron chi connectivity index (χ3n) is 4.48. The van der Waals surface area contributed by atoms with E-state index in [2.05, 4.69) is 20.5 Å². The quantitative estimate of drug-likeness (QED) is 0.414. The molecule has 0 spiro atoms. The van der Waals surface area contributed by atoms with Crippen LogP contribution in [0.2, 0.25) is 0 Å². The number of carbonyl (C=O) groups is 1. The van der Waals surface area contributed by atoms with Crippen LogP contribution in [0.3, 0.4) is 0 Å². The van der Waals surface area contributed by atoms with Gasteiger partial charge < -0.3 is 0 Å². The highest BCUT2D eigenvalue weighted by molar-refractivity contribution is 7.99. The van der Waals surface area contributed by atoms with Crippen molar-refractivity contribution in [3.63, 3.8) is 0 Å². The van der Waals surface area contributed by atoms with Gasteiger partial charge in [0.05, 0.1) is 22.8 Å². The highest BCUT2D eigenvalue weighted by atomic mass is 32.2. The molecule has 4 rings (SSSR count). The second-order valence-corrected chi connectivity index (χ2v) is 8.52. The average Bonchev–Trinajstić information content (AvgIpc) is 3.36. The maximum Gasteiger partial charge on any atom is 0.243 e. The van der Waals surface area contributed by atoms with Crippen molar-refractivity contribution in [2.45, 2.75) is 25.9 Å². The molecule has 0 aliphatic carbocycles. The maximum atomic E-state index is 13.2. The van der Waals surface area contributed by atoms with E-state index in [1.165, 1.54) is 23.1 Å². The summed E-state index contributed by atoms with van der Waals surface area (Å²) in [5, 5.41) is 15.3. The first kappa shape index (κ1) is 20.2. The molecule has 0 atom stereocenters. The Bertz CT molecular complexity index is 1150. The van der Waals surface area contributed by atoms with Crippen LogP contribution >= 0.6 is 23.1 Å². The van der Waals surface area contributed by atoms with Gasteiger partial charge in [0, 0.05) is 5.38 Å². The summed E-state index contributed by atoms with van der Waals surface area (Å²) in [7, 11) is 0. The van der Waals surface area contributed by atoms with E-state index in [0.29, 0.717) is 10.3 Å². The summed E-state index contributed by atoms with van der Waals surface area (Å²) in [5.74, 6) is 0.0929. The fraction of sp³-hybridized carbons (Fsp3) is 0.190. The third kappa shape index (κ3) is 4.12. The number of tetrazole rings is 1. The number of anilines is 2. The van der Waals surface area contributed by atoms with Crippen LogP contribution in [0.4, 0.5) is 10.8 Å². The second-order valence-electron chi connectivity index (χ2n) is 6.74. The summed E-state index contributed by atoms with van der Waals surface area (Å²) >= 11 is 2.76. The molecule has 0 saturated carbocycles. The number of para-hydroxylation sites is 2. The Labute approximate surface area is 182 Å². The lowest BCUT2D eigenvalue weighted by atomic mass is 10.1. The van der Waals surface area contributed by atoms with Crippen LogP contribution < -0.4 is 4.90 Å². The zero-order valence-electron chi connectivity index (χ0n) is 16.8. The number of amides is 1. The van der Waals surface area contributed by atoms with Crippen LogP contribution in [0.25, 0.3) is 5.69 Å². The number of carbonyl (C=O) groups excluding carboxylic acids is 1. The fourth-order valence-electron chi connectivity index (χ4n) is 3.12. The normalized spacial score (nSPS) is 10.9. The first-order chi connectivity index (χ1) is 14.5. The van der Waals surface area contributed by atoms with Crippen LogP contribution in [-0.4, -0.2) is 36.9 Å². The second kappa shape index (κ2) is 8.76. The third-order valence-corrected chi connectivity index (χ3v) is 6.33. The van der Waals surface area contributed by atoms with Crippen molar-refractivity contribution in [1.29, 1.82) is 0 Å². The summed E-state index contributed by atoms with van der Waals surface area (Å²) in [5.41, 5.74) is 4.74. The molecule has 2 aromatic carbocycles. The van der Waals surface area contributed by atoms with Gasteiger partial charge in [-0.05, 0) is 54.5 Å². The number of aromatic nitrogens is 5. The van der Waals surface area contributed by atoms with Gasteiger partial charge in [-0.15, -0.1) is 16.4 Å². The lowest BCUT2D eigenvalue weighted by Gasteiger charge is -2.19. The largest absolute Gasteiger partial charge is 0.273 e. The van der Waals surface area contributed by atoms with E-state index in [1.807, 2.05) is 74.7 Å². The smallest absolute Gasteiger partial charge is 0.243 e. The van der Waals surface area contributed by atoms with Gasteiger partial charge in [-0.1, -0.05) is 48.2 Å². The molecule has 152 valence electrons. The molecule has 0 saturated heterocycles. The summed E-state index contributed by atoms with van der Waals surface area (Å²) < 4.78 is 1.70. The molecule has 30 heavy (non-hydrogen) atoms. The number of nitrogens with zero attached hydrogens (tertiary/aromatic N) is 6. The molecule has 0 unspecified atom stereocenters. The predicted molar refractivity (Wildman–Crippen MR) is 120 cm³/mol. The van der Waals surface area contributed by atoms with Gasteiger partial charge in [-0.2, -0.15) is 4.68 Å². The van der Waals surface area contributed by atoms with Gasteiger partial charge in [0.25, 0.3) is 0 Å². The first-order valence-electron chi connectivity index (χ1n) is 9.32. The van der Waals surface area contributed by atoms with Gasteiger partial charge >= 0.3 is 0 Å². The molecule has 0 bridgehead atoms.